The Morgan fingerprint density at radius 2 is 2.06 bits per heavy atom. The van der Waals surface area contributed by atoms with Crippen molar-refractivity contribution in [3.63, 3.8) is 0 Å². The van der Waals surface area contributed by atoms with Gasteiger partial charge in [-0.1, -0.05) is 0 Å². The van der Waals surface area contributed by atoms with Crippen molar-refractivity contribution >= 4 is 21.9 Å². The Labute approximate surface area is 97.1 Å². The SMILES string of the molecule is NC(=O)CN(CC(=O)O)S(=O)(=O)c1cc[nH]c1. The summed E-state index contributed by atoms with van der Waals surface area (Å²) in [5, 5.41) is 8.59. The second-order valence-electron chi connectivity index (χ2n) is 3.18. The molecule has 0 fully saturated rings. The fraction of sp³-hybridized carbons (Fsp3) is 0.250. The van der Waals surface area contributed by atoms with Crippen molar-refractivity contribution in [1.82, 2.24) is 9.29 Å². The molecule has 1 amide bonds. The van der Waals surface area contributed by atoms with Gasteiger partial charge in [0.25, 0.3) is 0 Å². The molecule has 8 nitrogen and oxygen atoms in total. The number of nitrogens with two attached hydrogens (primary N) is 1. The second kappa shape index (κ2) is 4.97. The molecule has 1 rings (SSSR count). The number of hydrogen-bond donors (Lipinski definition) is 3. The number of hydrogen-bond acceptors (Lipinski definition) is 4. The molecule has 0 unspecified atom stereocenters. The number of primary amides is 1. The first-order valence-corrected chi connectivity index (χ1v) is 5.91. The fourth-order valence-electron chi connectivity index (χ4n) is 1.17. The Morgan fingerprint density at radius 3 is 2.47 bits per heavy atom. The van der Waals surface area contributed by atoms with Gasteiger partial charge in [0.05, 0.1) is 11.4 Å². The average molecular weight is 261 g/mol. The lowest BCUT2D eigenvalue weighted by Crippen LogP contribution is -2.41. The molecule has 4 N–H and O–H groups in total. The molecule has 0 aromatic carbocycles. The number of carbonyl (C=O) groups excluding carboxylic acids is 1. The number of aromatic amines is 1. The summed E-state index contributed by atoms with van der Waals surface area (Å²) < 4.78 is 24.3. The Balaban J connectivity index is 3.04. The summed E-state index contributed by atoms with van der Waals surface area (Å²) in [6.45, 7) is -1.50. The number of amides is 1. The topological polar surface area (TPSA) is 134 Å². The molecular weight excluding hydrogens is 250 g/mol. The normalized spacial score (nSPS) is 11.6. The number of rotatable bonds is 6. The molecule has 0 aliphatic rings. The number of sulfonamides is 1. The monoisotopic (exact) mass is 261 g/mol. The van der Waals surface area contributed by atoms with E-state index in [0.717, 1.165) is 0 Å². The molecule has 9 heteroatoms. The minimum atomic E-state index is -4.03. The number of carboxylic acid groups (broad SMARTS) is 1. The predicted molar refractivity (Wildman–Crippen MR) is 56.4 cm³/mol. The molecule has 0 radical (unpaired) electrons. The Morgan fingerprint density at radius 1 is 1.41 bits per heavy atom. The summed E-state index contributed by atoms with van der Waals surface area (Å²) in [6, 6.07) is 1.26. The van der Waals surface area contributed by atoms with Crippen LogP contribution in [0.5, 0.6) is 0 Å². The van der Waals surface area contributed by atoms with Crippen LogP contribution in [0.2, 0.25) is 0 Å². The van der Waals surface area contributed by atoms with Crippen LogP contribution in [0.3, 0.4) is 0 Å². The highest BCUT2D eigenvalue weighted by molar-refractivity contribution is 7.89. The fourth-order valence-corrected chi connectivity index (χ4v) is 2.50. The smallest absolute Gasteiger partial charge is 0.318 e. The number of aliphatic carboxylic acids is 1. The van der Waals surface area contributed by atoms with Crippen LogP contribution in [0.4, 0.5) is 0 Å². The van der Waals surface area contributed by atoms with Crippen molar-refractivity contribution < 1.29 is 23.1 Å². The zero-order valence-corrected chi connectivity index (χ0v) is 9.48. The molecule has 17 heavy (non-hydrogen) atoms. The standard InChI is InChI=1S/C8H11N3O5S/c9-7(12)4-11(5-8(13)14)17(15,16)6-1-2-10-3-6/h1-3,10H,4-5H2,(H2,9,12)(H,13,14). The lowest BCUT2D eigenvalue weighted by Gasteiger charge is -2.17. The molecule has 0 aliphatic carbocycles. The first-order valence-electron chi connectivity index (χ1n) is 4.47. The van der Waals surface area contributed by atoms with Crippen molar-refractivity contribution in [1.29, 1.82) is 0 Å². The third-order valence-electron chi connectivity index (χ3n) is 1.85. The van der Waals surface area contributed by atoms with E-state index >= 15 is 0 Å². The molecule has 0 bridgehead atoms. The van der Waals surface area contributed by atoms with Gasteiger partial charge in [-0.2, -0.15) is 4.31 Å². The van der Waals surface area contributed by atoms with Crippen molar-refractivity contribution in [2.75, 3.05) is 13.1 Å². The molecule has 0 aliphatic heterocycles. The van der Waals surface area contributed by atoms with Crippen LogP contribution in [0.15, 0.2) is 23.4 Å². The van der Waals surface area contributed by atoms with Crippen molar-refractivity contribution in [3.05, 3.63) is 18.5 Å². The number of nitrogens with one attached hydrogen (secondary N) is 1. The van der Waals surface area contributed by atoms with Crippen LogP contribution in [0, 0.1) is 0 Å². The van der Waals surface area contributed by atoms with Crippen molar-refractivity contribution in [2.45, 2.75) is 4.90 Å². The number of carbonyl (C=O) groups is 2. The van der Waals surface area contributed by atoms with E-state index in [9.17, 15) is 18.0 Å². The zero-order valence-electron chi connectivity index (χ0n) is 8.66. The van der Waals surface area contributed by atoms with E-state index in [0.29, 0.717) is 4.31 Å². The van der Waals surface area contributed by atoms with Crippen LogP contribution in [0.1, 0.15) is 0 Å². The first kappa shape index (κ1) is 13.2. The number of H-pyrrole nitrogens is 1. The lowest BCUT2D eigenvalue weighted by molar-refractivity contribution is -0.137. The van der Waals surface area contributed by atoms with E-state index in [1.54, 1.807) is 0 Å². The third kappa shape index (κ3) is 3.29. The molecule has 0 atom stereocenters. The van der Waals surface area contributed by atoms with Crippen LogP contribution < -0.4 is 5.73 Å². The van der Waals surface area contributed by atoms with Gasteiger partial charge < -0.3 is 15.8 Å². The summed E-state index contributed by atoms with van der Waals surface area (Å²) >= 11 is 0. The van der Waals surface area contributed by atoms with Gasteiger partial charge in [0.2, 0.25) is 15.9 Å². The summed E-state index contributed by atoms with van der Waals surface area (Å²) in [5.41, 5.74) is 4.87. The third-order valence-corrected chi connectivity index (χ3v) is 3.64. The van der Waals surface area contributed by atoms with Gasteiger partial charge in [-0.3, -0.25) is 9.59 Å². The minimum Gasteiger partial charge on any atom is -0.480 e. The largest absolute Gasteiger partial charge is 0.480 e. The highest BCUT2D eigenvalue weighted by atomic mass is 32.2. The maximum absolute atomic E-state index is 11.9. The molecule has 0 saturated carbocycles. The molecule has 1 heterocycles. The Bertz CT molecular complexity index is 491. The number of nitrogens with zero attached hydrogens (tertiary/aromatic N) is 1. The van der Waals surface area contributed by atoms with Crippen molar-refractivity contribution in [3.8, 4) is 0 Å². The maximum Gasteiger partial charge on any atom is 0.318 e. The van der Waals surface area contributed by atoms with Crippen LogP contribution in [0.25, 0.3) is 0 Å². The van der Waals surface area contributed by atoms with Crippen molar-refractivity contribution in [2.24, 2.45) is 5.73 Å². The summed E-state index contributed by atoms with van der Waals surface area (Å²) in [5.74, 6) is -2.30. The summed E-state index contributed by atoms with van der Waals surface area (Å²) in [6.07, 6.45) is 2.56. The van der Waals surface area contributed by atoms with E-state index in [-0.39, 0.29) is 4.90 Å². The Hall–Kier alpha value is -1.87. The summed E-state index contributed by atoms with van der Waals surface area (Å²) in [7, 11) is -4.03. The molecule has 1 aromatic heterocycles. The van der Waals surface area contributed by atoms with Gasteiger partial charge >= 0.3 is 5.97 Å². The first-order chi connectivity index (χ1) is 7.84. The van der Waals surface area contributed by atoms with E-state index in [1.165, 1.54) is 18.5 Å². The average Bonchev–Trinajstić information content (AvgIpc) is 2.68. The van der Waals surface area contributed by atoms with Gasteiger partial charge in [-0.05, 0) is 6.07 Å². The Kier molecular flexibility index (Phi) is 3.86. The maximum atomic E-state index is 11.9. The summed E-state index contributed by atoms with van der Waals surface area (Å²) in [4.78, 5) is 23.7. The van der Waals surface area contributed by atoms with Gasteiger partial charge in [0, 0.05) is 12.4 Å². The van der Waals surface area contributed by atoms with Crippen LogP contribution in [-0.4, -0.2) is 47.8 Å². The van der Waals surface area contributed by atoms with Gasteiger partial charge in [-0.25, -0.2) is 8.42 Å². The number of carboxylic acids is 1. The van der Waals surface area contributed by atoms with E-state index in [4.69, 9.17) is 10.8 Å². The highest BCUT2D eigenvalue weighted by Gasteiger charge is 2.28. The second-order valence-corrected chi connectivity index (χ2v) is 5.12. The molecule has 1 aromatic rings. The quantitative estimate of drug-likeness (QED) is 0.577. The van der Waals surface area contributed by atoms with Gasteiger partial charge in [0.1, 0.15) is 6.54 Å². The molecule has 0 spiro atoms. The molecular formula is C8H11N3O5S. The van der Waals surface area contributed by atoms with E-state index in [2.05, 4.69) is 4.98 Å². The molecule has 94 valence electrons. The highest BCUT2D eigenvalue weighted by Crippen LogP contribution is 2.13. The molecule has 0 saturated heterocycles. The van der Waals surface area contributed by atoms with Crippen LogP contribution in [-0.2, 0) is 19.6 Å². The van der Waals surface area contributed by atoms with E-state index < -0.39 is 35.0 Å². The van der Waals surface area contributed by atoms with Gasteiger partial charge in [0.15, 0.2) is 0 Å². The minimum absolute atomic E-state index is 0.125. The lowest BCUT2D eigenvalue weighted by atomic mass is 10.5. The zero-order chi connectivity index (χ0) is 13.1. The number of aromatic nitrogens is 1. The van der Waals surface area contributed by atoms with Gasteiger partial charge in [-0.15, -0.1) is 0 Å². The van der Waals surface area contributed by atoms with Crippen LogP contribution >= 0.6 is 0 Å². The van der Waals surface area contributed by atoms with E-state index in [1.807, 2.05) is 0 Å². The predicted octanol–water partition coefficient (Wildman–Crippen LogP) is -1.42.